The van der Waals surface area contributed by atoms with Crippen molar-refractivity contribution in [2.24, 2.45) is 4.99 Å². The average molecular weight is 556 g/mol. The van der Waals surface area contributed by atoms with E-state index in [9.17, 15) is 9.59 Å². The molecule has 37 heavy (non-hydrogen) atoms. The molecule has 0 aromatic heterocycles. The van der Waals surface area contributed by atoms with Crippen LogP contribution in [0.25, 0.3) is 6.08 Å². The SMILES string of the molecule is CCOc1cc(/C=C2\SC(=Nc3ccc(Cl)cc3)NC2=O)ccc1OCC(=O)Nc1ccc(C)c(Cl)c1. The number of carbonyl (C=O) groups excluding carboxylic acids is 2. The van der Waals surface area contributed by atoms with Crippen LogP contribution in [0.4, 0.5) is 11.4 Å². The van der Waals surface area contributed by atoms with Crippen LogP contribution < -0.4 is 20.1 Å². The second-order valence-corrected chi connectivity index (χ2v) is 9.77. The number of rotatable bonds is 8. The van der Waals surface area contributed by atoms with E-state index in [0.717, 1.165) is 11.1 Å². The van der Waals surface area contributed by atoms with Crippen molar-refractivity contribution >= 4 is 69.4 Å². The van der Waals surface area contributed by atoms with E-state index in [1.54, 1.807) is 60.7 Å². The van der Waals surface area contributed by atoms with Crippen molar-refractivity contribution in [3.8, 4) is 11.5 Å². The normalized spacial score (nSPS) is 15.1. The third-order valence-electron chi connectivity index (χ3n) is 5.09. The number of halogens is 2. The molecule has 1 heterocycles. The lowest BCUT2D eigenvalue weighted by Crippen LogP contribution is -2.20. The number of hydrogen-bond donors (Lipinski definition) is 2. The number of amidine groups is 1. The van der Waals surface area contributed by atoms with Gasteiger partial charge in [-0.3, -0.25) is 9.59 Å². The lowest BCUT2D eigenvalue weighted by molar-refractivity contribution is -0.118. The topological polar surface area (TPSA) is 89.0 Å². The highest BCUT2D eigenvalue weighted by Crippen LogP contribution is 2.33. The number of aryl methyl sites for hydroxylation is 1. The van der Waals surface area contributed by atoms with Crippen molar-refractivity contribution in [2.75, 3.05) is 18.5 Å². The molecule has 0 radical (unpaired) electrons. The zero-order valence-corrected chi connectivity index (χ0v) is 22.3. The van der Waals surface area contributed by atoms with E-state index in [1.165, 1.54) is 11.8 Å². The number of carbonyl (C=O) groups is 2. The molecule has 0 unspecified atom stereocenters. The number of aliphatic imine (C=N–C) groups is 1. The van der Waals surface area contributed by atoms with Gasteiger partial charge in [-0.15, -0.1) is 0 Å². The number of thioether (sulfide) groups is 1. The average Bonchev–Trinajstić information content (AvgIpc) is 3.21. The van der Waals surface area contributed by atoms with E-state index in [1.807, 2.05) is 19.9 Å². The van der Waals surface area contributed by atoms with Gasteiger partial charge in [0.05, 0.1) is 17.2 Å². The maximum atomic E-state index is 12.5. The van der Waals surface area contributed by atoms with Gasteiger partial charge in [-0.1, -0.05) is 35.3 Å². The van der Waals surface area contributed by atoms with Crippen molar-refractivity contribution in [2.45, 2.75) is 13.8 Å². The Morgan fingerprint density at radius 3 is 2.57 bits per heavy atom. The fourth-order valence-corrected chi connectivity index (χ4v) is 4.43. The minimum atomic E-state index is -0.333. The number of benzene rings is 3. The maximum absolute atomic E-state index is 12.5. The van der Waals surface area contributed by atoms with Gasteiger partial charge in [0.25, 0.3) is 11.8 Å². The van der Waals surface area contributed by atoms with Gasteiger partial charge in [0.15, 0.2) is 23.3 Å². The van der Waals surface area contributed by atoms with E-state index in [-0.39, 0.29) is 18.4 Å². The van der Waals surface area contributed by atoms with E-state index in [2.05, 4.69) is 15.6 Å². The van der Waals surface area contributed by atoms with E-state index in [4.69, 9.17) is 32.7 Å². The molecule has 0 atom stereocenters. The summed E-state index contributed by atoms with van der Waals surface area (Å²) in [5.41, 5.74) is 2.93. The van der Waals surface area contributed by atoms with Gasteiger partial charge < -0.3 is 20.1 Å². The largest absolute Gasteiger partial charge is 0.490 e. The summed E-state index contributed by atoms with van der Waals surface area (Å²) in [5.74, 6) is 0.292. The summed E-state index contributed by atoms with van der Waals surface area (Å²) in [5, 5.41) is 7.18. The Hall–Kier alpha value is -3.46. The Bertz CT molecular complexity index is 1390. The first-order chi connectivity index (χ1) is 17.8. The molecular formula is C27H23Cl2N3O4S. The maximum Gasteiger partial charge on any atom is 0.264 e. The fourth-order valence-electron chi connectivity index (χ4n) is 3.28. The van der Waals surface area contributed by atoms with E-state index < -0.39 is 0 Å². The van der Waals surface area contributed by atoms with Crippen LogP contribution in [0.1, 0.15) is 18.1 Å². The smallest absolute Gasteiger partial charge is 0.264 e. The quantitative estimate of drug-likeness (QED) is 0.305. The van der Waals surface area contributed by atoms with Gasteiger partial charge >= 0.3 is 0 Å². The van der Waals surface area contributed by atoms with Gasteiger partial charge in [0.2, 0.25) is 0 Å². The van der Waals surface area contributed by atoms with Crippen molar-refractivity contribution in [3.05, 3.63) is 86.7 Å². The number of amides is 2. The summed E-state index contributed by atoms with van der Waals surface area (Å²) >= 11 is 13.3. The molecule has 7 nitrogen and oxygen atoms in total. The Kier molecular flexibility index (Phi) is 8.76. The molecule has 0 bridgehead atoms. The van der Waals surface area contributed by atoms with Crippen molar-refractivity contribution in [1.29, 1.82) is 0 Å². The summed E-state index contributed by atoms with van der Waals surface area (Å²) < 4.78 is 11.4. The van der Waals surface area contributed by atoms with E-state index in [0.29, 0.717) is 49.6 Å². The monoisotopic (exact) mass is 555 g/mol. The minimum absolute atomic E-state index is 0.214. The highest BCUT2D eigenvalue weighted by molar-refractivity contribution is 8.18. The molecule has 2 amide bonds. The van der Waals surface area contributed by atoms with Crippen LogP contribution in [-0.4, -0.2) is 30.2 Å². The van der Waals surface area contributed by atoms with Crippen molar-refractivity contribution in [1.82, 2.24) is 5.32 Å². The zero-order chi connectivity index (χ0) is 26.4. The first-order valence-electron chi connectivity index (χ1n) is 11.3. The lowest BCUT2D eigenvalue weighted by Gasteiger charge is -2.13. The highest BCUT2D eigenvalue weighted by Gasteiger charge is 2.24. The third-order valence-corrected chi connectivity index (χ3v) is 6.66. The Balaban J connectivity index is 1.43. The summed E-state index contributed by atoms with van der Waals surface area (Å²) in [6, 6.07) is 17.5. The van der Waals surface area contributed by atoms with Gasteiger partial charge in [-0.25, -0.2) is 4.99 Å². The number of nitrogens with one attached hydrogen (secondary N) is 2. The minimum Gasteiger partial charge on any atom is -0.490 e. The third kappa shape index (κ3) is 7.29. The molecule has 0 saturated carbocycles. The number of nitrogens with zero attached hydrogens (tertiary/aromatic N) is 1. The molecule has 10 heteroatoms. The zero-order valence-electron chi connectivity index (χ0n) is 20.0. The molecule has 3 aromatic carbocycles. The summed E-state index contributed by atoms with van der Waals surface area (Å²) in [7, 11) is 0. The molecule has 190 valence electrons. The van der Waals surface area contributed by atoms with Gasteiger partial charge in [-0.05, 0) is 91.3 Å². The van der Waals surface area contributed by atoms with Gasteiger partial charge in [0, 0.05) is 15.7 Å². The van der Waals surface area contributed by atoms with Crippen molar-refractivity contribution < 1.29 is 19.1 Å². The van der Waals surface area contributed by atoms with Crippen LogP contribution in [0.2, 0.25) is 10.0 Å². The van der Waals surface area contributed by atoms with Gasteiger partial charge in [-0.2, -0.15) is 0 Å². The Morgan fingerprint density at radius 1 is 1.05 bits per heavy atom. The molecule has 2 N–H and O–H groups in total. The predicted molar refractivity (Wildman–Crippen MR) is 150 cm³/mol. The van der Waals surface area contributed by atoms with Crippen LogP contribution in [0.5, 0.6) is 11.5 Å². The number of anilines is 1. The second-order valence-electron chi connectivity index (χ2n) is 7.90. The van der Waals surface area contributed by atoms with Crippen molar-refractivity contribution in [3.63, 3.8) is 0 Å². The standard InChI is InChI=1S/C27H23Cl2N3O4S/c1-3-35-23-12-17(13-24-26(34)32-27(37-24)31-19-9-6-18(28)7-10-19)5-11-22(23)36-15-25(33)30-20-8-4-16(2)21(29)14-20/h4-14H,3,15H2,1-2H3,(H,30,33)(H,31,32,34)/b24-13-. The van der Waals surface area contributed by atoms with Crippen LogP contribution in [0.15, 0.2) is 70.6 Å². The fraction of sp³-hybridized carbons (Fsp3) is 0.148. The second kappa shape index (κ2) is 12.2. The Labute approximate surface area is 228 Å². The molecule has 3 aromatic rings. The molecule has 0 aliphatic carbocycles. The number of hydrogen-bond acceptors (Lipinski definition) is 6. The Morgan fingerprint density at radius 2 is 1.84 bits per heavy atom. The molecule has 1 aliphatic rings. The van der Waals surface area contributed by atoms with Crippen LogP contribution in [0, 0.1) is 6.92 Å². The summed E-state index contributed by atoms with van der Waals surface area (Å²) in [6.45, 7) is 3.92. The molecule has 4 rings (SSSR count). The first kappa shape index (κ1) is 26.6. The molecule has 1 saturated heterocycles. The molecular weight excluding hydrogens is 533 g/mol. The van der Waals surface area contributed by atoms with E-state index >= 15 is 0 Å². The van der Waals surface area contributed by atoms with Crippen LogP contribution in [-0.2, 0) is 9.59 Å². The highest BCUT2D eigenvalue weighted by atomic mass is 35.5. The number of ether oxygens (including phenoxy) is 2. The first-order valence-corrected chi connectivity index (χ1v) is 12.9. The van der Waals surface area contributed by atoms with Crippen LogP contribution >= 0.6 is 35.0 Å². The van der Waals surface area contributed by atoms with Crippen LogP contribution in [0.3, 0.4) is 0 Å². The summed E-state index contributed by atoms with van der Waals surface area (Å²) in [4.78, 5) is 29.8. The predicted octanol–water partition coefficient (Wildman–Crippen LogP) is 6.61. The summed E-state index contributed by atoms with van der Waals surface area (Å²) in [6.07, 6.45) is 1.74. The molecule has 1 fully saturated rings. The molecule has 0 spiro atoms. The molecule has 1 aliphatic heterocycles. The lowest BCUT2D eigenvalue weighted by atomic mass is 10.2. The van der Waals surface area contributed by atoms with Gasteiger partial charge in [0.1, 0.15) is 0 Å².